The number of amides is 1. The topological polar surface area (TPSA) is 85.1 Å². The molecule has 10 heteroatoms. The highest BCUT2D eigenvalue weighted by Crippen LogP contribution is 2.35. The van der Waals surface area contributed by atoms with E-state index < -0.39 is 0 Å². The number of anilines is 1. The molecule has 0 atom stereocenters. The fourth-order valence-corrected chi connectivity index (χ4v) is 4.30. The molecular weight excluding hydrogens is 444 g/mol. The normalized spacial score (nSPS) is 15.3. The Kier molecular flexibility index (Phi) is 4.76. The van der Waals surface area contributed by atoms with E-state index in [1.54, 1.807) is 35.0 Å². The van der Waals surface area contributed by atoms with Crippen LogP contribution in [0.5, 0.6) is 11.5 Å². The summed E-state index contributed by atoms with van der Waals surface area (Å²) in [5, 5.41) is 5.28. The summed E-state index contributed by atoms with van der Waals surface area (Å²) in [5.41, 5.74) is 2.38. The third-order valence-corrected chi connectivity index (χ3v) is 6.05. The molecule has 2 aromatic carbocycles. The van der Waals surface area contributed by atoms with Gasteiger partial charge in [-0.3, -0.25) is 4.79 Å². The Morgan fingerprint density at radius 2 is 1.82 bits per heavy atom. The van der Waals surface area contributed by atoms with Gasteiger partial charge in [-0.2, -0.15) is 9.50 Å². The predicted octanol–water partition coefficient (Wildman–Crippen LogP) is 3.14. The molecule has 1 fully saturated rings. The highest BCUT2D eigenvalue weighted by molar-refractivity contribution is 6.30. The average molecular weight is 463 g/mol. The second-order valence-corrected chi connectivity index (χ2v) is 8.25. The lowest BCUT2D eigenvalue weighted by atomic mass is 10.1. The highest BCUT2D eigenvalue weighted by atomic mass is 35.5. The Hall–Kier alpha value is -3.85. The van der Waals surface area contributed by atoms with E-state index in [4.69, 9.17) is 26.2 Å². The van der Waals surface area contributed by atoms with Gasteiger partial charge in [0.2, 0.25) is 12.7 Å². The molecule has 2 aromatic heterocycles. The van der Waals surface area contributed by atoms with Gasteiger partial charge in [-0.25, -0.2) is 4.98 Å². The minimum atomic E-state index is -0.0214. The molecule has 1 amide bonds. The smallest absolute Gasteiger partial charge is 0.254 e. The summed E-state index contributed by atoms with van der Waals surface area (Å²) in [6, 6.07) is 14.7. The molecule has 0 spiro atoms. The number of piperazine rings is 1. The van der Waals surface area contributed by atoms with Crippen molar-refractivity contribution in [2.45, 2.75) is 0 Å². The molecular formula is C23H19ClN6O3. The van der Waals surface area contributed by atoms with Crippen molar-refractivity contribution >= 4 is 29.2 Å². The molecule has 33 heavy (non-hydrogen) atoms. The molecule has 0 saturated carbocycles. The number of carbonyl (C=O) groups is 1. The van der Waals surface area contributed by atoms with E-state index >= 15 is 0 Å². The van der Waals surface area contributed by atoms with Gasteiger partial charge in [0.1, 0.15) is 0 Å². The molecule has 1 saturated heterocycles. The lowest BCUT2D eigenvalue weighted by molar-refractivity contribution is 0.0746. The molecule has 4 aromatic rings. The number of hydrogen-bond donors (Lipinski definition) is 0. The molecule has 0 unspecified atom stereocenters. The van der Waals surface area contributed by atoms with E-state index in [0.29, 0.717) is 54.2 Å². The third kappa shape index (κ3) is 3.60. The maximum Gasteiger partial charge on any atom is 0.254 e. The van der Waals surface area contributed by atoms with Crippen LogP contribution in [0.1, 0.15) is 10.4 Å². The van der Waals surface area contributed by atoms with Gasteiger partial charge in [-0.1, -0.05) is 17.7 Å². The van der Waals surface area contributed by atoms with Crippen LogP contribution in [0.4, 0.5) is 5.95 Å². The minimum absolute atomic E-state index is 0.0214. The average Bonchev–Trinajstić information content (AvgIpc) is 3.50. The van der Waals surface area contributed by atoms with Crippen LogP contribution in [0.2, 0.25) is 5.02 Å². The van der Waals surface area contributed by atoms with Gasteiger partial charge >= 0.3 is 0 Å². The third-order valence-electron chi connectivity index (χ3n) is 5.82. The Morgan fingerprint density at radius 3 is 2.67 bits per heavy atom. The maximum atomic E-state index is 12.8. The van der Waals surface area contributed by atoms with Gasteiger partial charge in [0.15, 0.2) is 11.5 Å². The van der Waals surface area contributed by atoms with Crippen LogP contribution in [0, 0.1) is 0 Å². The first kappa shape index (κ1) is 19.8. The van der Waals surface area contributed by atoms with E-state index in [9.17, 15) is 4.79 Å². The fourth-order valence-electron chi connectivity index (χ4n) is 4.11. The zero-order chi connectivity index (χ0) is 22.4. The second-order valence-electron chi connectivity index (χ2n) is 7.81. The van der Waals surface area contributed by atoms with Crippen molar-refractivity contribution in [3.8, 4) is 22.8 Å². The minimum Gasteiger partial charge on any atom is -0.454 e. The molecule has 6 rings (SSSR count). The number of halogens is 1. The fraction of sp³-hybridized carbons (Fsp3) is 0.217. The SMILES string of the molecule is O=C(c1cccc(Cl)c1)N1CCN(c2nc3nccc(-c4ccc5c(c4)OCO5)n3n2)CC1. The molecule has 2 aliphatic heterocycles. The number of rotatable bonds is 3. The van der Waals surface area contributed by atoms with Gasteiger partial charge in [-0.15, -0.1) is 5.10 Å². The first-order chi connectivity index (χ1) is 16.2. The molecule has 166 valence electrons. The van der Waals surface area contributed by atoms with Crippen LogP contribution in [-0.2, 0) is 0 Å². The Bertz CT molecular complexity index is 1370. The standard InChI is InChI=1S/C23H19ClN6O3/c24-17-3-1-2-16(12-17)21(31)28-8-10-29(11-9-28)23-26-22-25-7-6-18(30(22)27-23)15-4-5-19-20(13-15)33-14-32-19/h1-7,12-13H,8-11,14H2. The number of fused-ring (bicyclic) bond motifs is 2. The first-order valence-corrected chi connectivity index (χ1v) is 11.0. The van der Waals surface area contributed by atoms with Crippen molar-refractivity contribution in [1.29, 1.82) is 0 Å². The van der Waals surface area contributed by atoms with Gasteiger partial charge in [0.25, 0.3) is 11.7 Å². The lowest BCUT2D eigenvalue weighted by Gasteiger charge is -2.34. The molecule has 2 aliphatic rings. The lowest BCUT2D eigenvalue weighted by Crippen LogP contribution is -2.49. The Morgan fingerprint density at radius 1 is 0.970 bits per heavy atom. The van der Waals surface area contributed by atoms with Gasteiger partial charge in [0.05, 0.1) is 5.69 Å². The van der Waals surface area contributed by atoms with Crippen molar-refractivity contribution in [1.82, 2.24) is 24.5 Å². The zero-order valence-corrected chi connectivity index (χ0v) is 18.3. The van der Waals surface area contributed by atoms with E-state index in [1.165, 1.54) is 0 Å². The summed E-state index contributed by atoms with van der Waals surface area (Å²) in [6.07, 6.45) is 1.72. The van der Waals surface area contributed by atoms with Crippen molar-refractivity contribution in [3.05, 3.63) is 65.3 Å². The van der Waals surface area contributed by atoms with Gasteiger partial charge in [-0.05, 0) is 42.5 Å². The number of nitrogens with zero attached hydrogens (tertiary/aromatic N) is 6. The van der Waals surface area contributed by atoms with Crippen LogP contribution < -0.4 is 14.4 Å². The molecule has 0 radical (unpaired) electrons. The zero-order valence-electron chi connectivity index (χ0n) is 17.5. The van der Waals surface area contributed by atoms with Crippen LogP contribution in [0.15, 0.2) is 54.7 Å². The van der Waals surface area contributed by atoms with Crippen molar-refractivity contribution < 1.29 is 14.3 Å². The summed E-state index contributed by atoms with van der Waals surface area (Å²) >= 11 is 6.04. The monoisotopic (exact) mass is 462 g/mol. The van der Waals surface area contributed by atoms with Crippen LogP contribution in [0.3, 0.4) is 0 Å². The Balaban J connectivity index is 1.22. The van der Waals surface area contributed by atoms with Crippen LogP contribution in [-0.4, -0.2) is 63.4 Å². The first-order valence-electron chi connectivity index (χ1n) is 10.6. The number of hydrogen-bond acceptors (Lipinski definition) is 7. The number of carbonyl (C=O) groups excluding carboxylic acids is 1. The van der Waals surface area contributed by atoms with Gasteiger partial charge in [0, 0.05) is 48.5 Å². The summed E-state index contributed by atoms with van der Waals surface area (Å²) < 4.78 is 12.7. The maximum absolute atomic E-state index is 12.8. The van der Waals surface area contributed by atoms with Crippen LogP contribution in [0.25, 0.3) is 17.0 Å². The van der Waals surface area contributed by atoms with Crippen molar-refractivity contribution in [2.75, 3.05) is 37.9 Å². The summed E-state index contributed by atoms with van der Waals surface area (Å²) in [6.45, 7) is 2.63. The van der Waals surface area contributed by atoms with E-state index in [-0.39, 0.29) is 12.7 Å². The number of aromatic nitrogens is 4. The van der Waals surface area contributed by atoms with Gasteiger partial charge < -0.3 is 19.3 Å². The second kappa shape index (κ2) is 7.93. The molecule has 9 nitrogen and oxygen atoms in total. The molecule has 0 bridgehead atoms. The summed E-state index contributed by atoms with van der Waals surface area (Å²) in [4.78, 5) is 25.7. The van der Waals surface area contributed by atoms with Crippen LogP contribution >= 0.6 is 11.6 Å². The number of ether oxygens (including phenoxy) is 2. The quantitative estimate of drug-likeness (QED) is 0.462. The van der Waals surface area contributed by atoms with Crippen molar-refractivity contribution in [2.24, 2.45) is 0 Å². The molecule has 4 heterocycles. The molecule has 0 N–H and O–H groups in total. The van der Waals surface area contributed by atoms with E-state index in [1.807, 2.05) is 29.2 Å². The Labute approximate surface area is 194 Å². The van der Waals surface area contributed by atoms with Crippen molar-refractivity contribution in [3.63, 3.8) is 0 Å². The summed E-state index contributed by atoms with van der Waals surface area (Å²) in [7, 11) is 0. The highest BCUT2D eigenvalue weighted by Gasteiger charge is 2.25. The van der Waals surface area contributed by atoms with E-state index in [2.05, 4.69) is 14.9 Å². The molecule has 0 aliphatic carbocycles. The summed E-state index contributed by atoms with van der Waals surface area (Å²) in [5.74, 6) is 2.52. The largest absolute Gasteiger partial charge is 0.454 e. The number of benzene rings is 2. The van der Waals surface area contributed by atoms with E-state index in [0.717, 1.165) is 17.0 Å². The predicted molar refractivity (Wildman–Crippen MR) is 122 cm³/mol.